The maximum absolute atomic E-state index is 14.6. The van der Waals surface area contributed by atoms with Crippen molar-refractivity contribution >= 4 is 23.2 Å². The first-order chi connectivity index (χ1) is 19.5. The standard InChI is InChI=1S/C30H28FN5O5/c1-15-18(16(2)37)6-7-20-19(15)8-9-22(20)35-29(39)24-12-23(34-27-21(31)14-33-36(24)27)28(38)32-13-17-5-10-25-26(11-17)41-30(3,4)40-25/h5-7,10-12,14,22H,8-9,13H2,1-4H3,(H,32,38)(H,35,39)/t22-/m0/s1. The minimum absolute atomic E-state index is 0.00838. The largest absolute Gasteiger partial charge is 0.449 e. The molecular formula is C30H28FN5O5. The number of ether oxygens (including phenoxy) is 2. The van der Waals surface area contributed by atoms with E-state index in [0.717, 1.165) is 33.0 Å². The highest BCUT2D eigenvalue weighted by atomic mass is 19.1. The fraction of sp³-hybridized carbons (Fsp3) is 0.300. The molecule has 2 aromatic heterocycles. The quantitative estimate of drug-likeness (QED) is 0.340. The second kappa shape index (κ2) is 9.69. The zero-order valence-electron chi connectivity index (χ0n) is 23.0. The summed E-state index contributed by atoms with van der Waals surface area (Å²) in [7, 11) is 0. The second-order valence-electron chi connectivity index (χ2n) is 10.7. The molecule has 2 amide bonds. The van der Waals surface area contributed by atoms with Gasteiger partial charge in [-0.2, -0.15) is 5.10 Å². The van der Waals surface area contributed by atoms with Crippen LogP contribution in [-0.4, -0.2) is 38.0 Å². The molecule has 2 N–H and O–H groups in total. The summed E-state index contributed by atoms with van der Waals surface area (Å²) in [6.45, 7) is 7.19. The van der Waals surface area contributed by atoms with E-state index in [1.165, 1.54) is 13.0 Å². The van der Waals surface area contributed by atoms with E-state index in [4.69, 9.17) is 9.47 Å². The predicted octanol–water partition coefficient (Wildman–Crippen LogP) is 4.23. The van der Waals surface area contributed by atoms with Crippen molar-refractivity contribution in [3.63, 3.8) is 0 Å². The van der Waals surface area contributed by atoms with Gasteiger partial charge in [0.2, 0.25) is 5.79 Å². The van der Waals surface area contributed by atoms with Gasteiger partial charge in [0.1, 0.15) is 11.4 Å². The maximum Gasteiger partial charge on any atom is 0.270 e. The number of fused-ring (bicyclic) bond motifs is 3. The molecule has 0 saturated carbocycles. The molecule has 2 aliphatic rings. The maximum atomic E-state index is 14.6. The highest BCUT2D eigenvalue weighted by molar-refractivity contribution is 5.99. The molecule has 3 heterocycles. The molecule has 1 aliphatic carbocycles. The average molecular weight is 558 g/mol. The van der Waals surface area contributed by atoms with Gasteiger partial charge in [0.15, 0.2) is 28.7 Å². The fourth-order valence-electron chi connectivity index (χ4n) is 5.51. The first kappa shape index (κ1) is 26.4. The molecule has 0 fully saturated rings. The van der Waals surface area contributed by atoms with Crippen molar-refractivity contribution < 1.29 is 28.2 Å². The highest BCUT2D eigenvalue weighted by Gasteiger charge is 2.32. The van der Waals surface area contributed by atoms with Crippen LogP contribution in [0.2, 0.25) is 0 Å². The molecule has 10 nitrogen and oxygen atoms in total. The number of hydrogen-bond acceptors (Lipinski definition) is 7. The molecule has 4 aromatic rings. The second-order valence-corrected chi connectivity index (χ2v) is 10.7. The number of aromatic nitrogens is 3. The van der Waals surface area contributed by atoms with Gasteiger partial charge in [-0.15, -0.1) is 0 Å². The summed E-state index contributed by atoms with van der Waals surface area (Å²) in [4.78, 5) is 42.7. The van der Waals surface area contributed by atoms with Crippen molar-refractivity contribution in [1.82, 2.24) is 25.2 Å². The molecule has 0 saturated heterocycles. The van der Waals surface area contributed by atoms with E-state index < -0.39 is 23.4 Å². The number of amides is 2. The number of nitrogens with zero attached hydrogens (tertiary/aromatic N) is 3. The van der Waals surface area contributed by atoms with Gasteiger partial charge < -0.3 is 20.1 Å². The molecule has 0 radical (unpaired) electrons. The van der Waals surface area contributed by atoms with Crippen LogP contribution in [0.25, 0.3) is 5.65 Å². The third-order valence-corrected chi connectivity index (χ3v) is 7.44. The van der Waals surface area contributed by atoms with Crippen LogP contribution in [0.3, 0.4) is 0 Å². The Hall–Kier alpha value is -4.80. The van der Waals surface area contributed by atoms with Crippen molar-refractivity contribution in [3.8, 4) is 11.5 Å². The number of rotatable bonds is 6. The monoisotopic (exact) mass is 557 g/mol. The zero-order valence-corrected chi connectivity index (χ0v) is 23.0. The Bertz CT molecular complexity index is 1760. The minimum Gasteiger partial charge on any atom is -0.449 e. The van der Waals surface area contributed by atoms with Crippen LogP contribution >= 0.6 is 0 Å². The fourth-order valence-corrected chi connectivity index (χ4v) is 5.51. The van der Waals surface area contributed by atoms with Crippen LogP contribution in [0.1, 0.15) is 86.8 Å². The summed E-state index contributed by atoms with van der Waals surface area (Å²) in [5.74, 6) is -1.46. The molecule has 2 aromatic carbocycles. The van der Waals surface area contributed by atoms with E-state index in [0.29, 0.717) is 29.9 Å². The third-order valence-electron chi connectivity index (χ3n) is 7.44. The van der Waals surface area contributed by atoms with E-state index in [1.807, 2.05) is 13.0 Å². The number of hydrogen-bond donors (Lipinski definition) is 2. The summed E-state index contributed by atoms with van der Waals surface area (Å²) in [5, 5.41) is 9.72. The number of benzene rings is 2. The van der Waals surface area contributed by atoms with Crippen molar-refractivity contribution in [1.29, 1.82) is 0 Å². The Kier molecular flexibility index (Phi) is 6.24. The van der Waals surface area contributed by atoms with Gasteiger partial charge in [-0.05, 0) is 61.1 Å². The van der Waals surface area contributed by atoms with Gasteiger partial charge in [-0.1, -0.05) is 18.2 Å². The number of nitrogens with one attached hydrogen (secondary N) is 2. The van der Waals surface area contributed by atoms with Crippen molar-refractivity contribution in [2.24, 2.45) is 0 Å². The zero-order chi connectivity index (χ0) is 29.1. The molecule has 1 aliphatic heterocycles. The number of carbonyl (C=O) groups is 3. The number of carbonyl (C=O) groups excluding carboxylic acids is 3. The SMILES string of the molecule is CC(=O)c1ccc2c(c1C)CC[C@@H]2NC(=O)c1cc(C(=O)NCc2ccc3c(c2)OC(C)(C)O3)nc2c(F)cnn12. The van der Waals surface area contributed by atoms with Gasteiger partial charge in [-0.25, -0.2) is 13.9 Å². The van der Waals surface area contributed by atoms with E-state index in [2.05, 4.69) is 20.7 Å². The molecule has 1 atom stereocenters. The summed E-state index contributed by atoms with van der Waals surface area (Å²) in [6.07, 6.45) is 2.30. The number of ketones is 1. The van der Waals surface area contributed by atoms with Crippen LogP contribution in [0, 0.1) is 12.7 Å². The normalized spacial score (nSPS) is 16.5. The predicted molar refractivity (Wildman–Crippen MR) is 146 cm³/mol. The van der Waals surface area contributed by atoms with Crippen LogP contribution in [0.4, 0.5) is 4.39 Å². The molecule has 0 unspecified atom stereocenters. The third kappa shape index (κ3) is 4.77. The Morgan fingerprint density at radius 3 is 2.66 bits per heavy atom. The summed E-state index contributed by atoms with van der Waals surface area (Å²) in [5.41, 5.74) is 3.93. The van der Waals surface area contributed by atoms with Gasteiger partial charge in [0, 0.05) is 32.0 Å². The lowest BCUT2D eigenvalue weighted by Crippen LogP contribution is -2.30. The Balaban J connectivity index is 1.23. The van der Waals surface area contributed by atoms with Gasteiger partial charge in [0.25, 0.3) is 11.8 Å². The van der Waals surface area contributed by atoms with Crippen LogP contribution in [0.5, 0.6) is 11.5 Å². The van der Waals surface area contributed by atoms with Crippen molar-refractivity contribution in [2.75, 3.05) is 0 Å². The Labute approximate surface area is 234 Å². The topological polar surface area (TPSA) is 124 Å². The van der Waals surface area contributed by atoms with Gasteiger partial charge >= 0.3 is 0 Å². The van der Waals surface area contributed by atoms with Crippen LogP contribution in [0.15, 0.2) is 42.6 Å². The van der Waals surface area contributed by atoms with E-state index in [9.17, 15) is 18.8 Å². The van der Waals surface area contributed by atoms with Crippen molar-refractivity contribution in [2.45, 2.75) is 58.9 Å². The minimum atomic E-state index is -0.771. The lowest BCUT2D eigenvalue weighted by atomic mass is 9.96. The number of halogens is 1. The van der Waals surface area contributed by atoms with E-state index >= 15 is 0 Å². The molecule has 41 heavy (non-hydrogen) atoms. The molecule has 6 rings (SSSR count). The van der Waals surface area contributed by atoms with Crippen LogP contribution < -0.4 is 20.1 Å². The molecule has 0 bridgehead atoms. The van der Waals surface area contributed by atoms with E-state index in [-0.39, 0.29) is 35.4 Å². The summed E-state index contributed by atoms with van der Waals surface area (Å²) < 4.78 is 27.1. The smallest absolute Gasteiger partial charge is 0.270 e. The average Bonchev–Trinajstić information content (AvgIpc) is 3.60. The molecule has 210 valence electrons. The van der Waals surface area contributed by atoms with Crippen LogP contribution in [-0.2, 0) is 13.0 Å². The Morgan fingerprint density at radius 2 is 1.88 bits per heavy atom. The first-order valence-electron chi connectivity index (χ1n) is 13.3. The number of Topliss-reactive ketones (excluding diaryl/α,β-unsaturated/α-hetero) is 1. The van der Waals surface area contributed by atoms with E-state index in [1.54, 1.807) is 38.1 Å². The first-order valence-corrected chi connectivity index (χ1v) is 13.3. The lowest BCUT2D eigenvalue weighted by Gasteiger charge is -2.16. The Morgan fingerprint density at radius 1 is 1.10 bits per heavy atom. The van der Waals surface area contributed by atoms with Crippen molar-refractivity contribution in [3.05, 3.63) is 87.6 Å². The van der Waals surface area contributed by atoms with Gasteiger partial charge in [0.05, 0.1) is 12.2 Å². The lowest BCUT2D eigenvalue weighted by molar-refractivity contribution is -0.0431. The molecule has 11 heteroatoms. The van der Waals surface area contributed by atoms with Gasteiger partial charge in [-0.3, -0.25) is 14.4 Å². The molecule has 0 spiro atoms. The highest BCUT2D eigenvalue weighted by Crippen LogP contribution is 2.39. The summed E-state index contributed by atoms with van der Waals surface area (Å²) in [6, 6.07) is 9.97. The molecular weight excluding hydrogens is 529 g/mol. The summed E-state index contributed by atoms with van der Waals surface area (Å²) >= 11 is 0.